The van der Waals surface area contributed by atoms with Crippen LogP contribution in [0.1, 0.15) is 32.1 Å². The third-order valence-electron chi connectivity index (χ3n) is 2.72. The van der Waals surface area contributed by atoms with Gasteiger partial charge < -0.3 is 20.7 Å². The first-order chi connectivity index (χ1) is 6.56. The van der Waals surface area contributed by atoms with Crippen LogP contribution in [0.2, 0.25) is 0 Å². The number of rotatable bonds is 3. The molecule has 4 N–H and O–H groups in total. The van der Waals surface area contributed by atoms with Gasteiger partial charge in [-0.15, -0.1) is 0 Å². The number of carbonyl (C=O) groups is 1. The summed E-state index contributed by atoms with van der Waals surface area (Å²) in [6.07, 6.45) is 1.76. The molecule has 0 atom stereocenters. The van der Waals surface area contributed by atoms with E-state index in [4.69, 9.17) is 15.6 Å². The van der Waals surface area contributed by atoms with Gasteiger partial charge in [0.1, 0.15) is 6.10 Å². The number of primary amides is 1. The van der Waals surface area contributed by atoms with Crippen LogP contribution in [0.3, 0.4) is 0 Å². The highest BCUT2D eigenvalue weighted by atomic mass is 16.6. The largest absolute Gasteiger partial charge is 0.446 e. The first kappa shape index (κ1) is 11.3. The first-order valence-electron chi connectivity index (χ1n) is 4.85. The SMILES string of the molecule is NC(=O)OC1CCC(O)(CCO)CC1. The lowest BCUT2D eigenvalue weighted by atomic mass is 9.81. The quantitative estimate of drug-likeness (QED) is 0.608. The molecule has 1 aliphatic carbocycles. The minimum atomic E-state index is -0.785. The van der Waals surface area contributed by atoms with Crippen molar-refractivity contribution in [1.29, 1.82) is 0 Å². The third kappa shape index (κ3) is 3.16. The molecule has 5 nitrogen and oxygen atoms in total. The van der Waals surface area contributed by atoms with Crippen LogP contribution in [-0.2, 0) is 4.74 Å². The number of carbonyl (C=O) groups excluding carboxylic acids is 1. The average Bonchev–Trinajstić information content (AvgIpc) is 2.09. The summed E-state index contributed by atoms with van der Waals surface area (Å²) in [5.41, 5.74) is 4.10. The monoisotopic (exact) mass is 203 g/mol. The second kappa shape index (κ2) is 4.61. The summed E-state index contributed by atoms with van der Waals surface area (Å²) in [5, 5.41) is 18.6. The van der Waals surface area contributed by atoms with Gasteiger partial charge >= 0.3 is 6.09 Å². The maximum Gasteiger partial charge on any atom is 0.404 e. The molecule has 0 spiro atoms. The van der Waals surface area contributed by atoms with Crippen LogP contribution < -0.4 is 5.73 Å². The molecule has 0 aromatic heterocycles. The Morgan fingerprint density at radius 2 is 2.07 bits per heavy atom. The van der Waals surface area contributed by atoms with Crippen molar-refractivity contribution in [2.75, 3.05) is 6.61 Å². The molecule has 0 bridgehead atoms. The van der Waals surface area contributed by atoms with E-state index >= 15 is 0 Å². The molecule has 1 rings (SSSR count). The zero-order valence-electron chi connectivity index (χ0n) is 8.11. The molecule has 0 radical (unpaired) electrons. The van der Waals surface area contributed by atoms with Crippen molar-refractivity contribution in [1.82, 2.24) is 0 Å². The number of aliphatic hydroxyl groups excluding tert-OH is 1. The Labute approximate surface area is 82.9 Å². The molecule has 0 aromatic rings. The molecule has 82 valence electrons. The average molecular weight is 203 g/mol. The molecule has 1 amide bonds. The Bertz CT molecular complexity index is 199. The van der Waals surface area contributed by atoms with Crippen molar-refractivity contribution in [3.05, 3.63) is 0 Å². The summed E-state index contributed by atoms with van der Waals surface area (Å²) in [7, 11) is 0. The van der Waals surface area contributed by atoms with Crippen LogP contribution in [0.25, 0.3) is 0 Å². The van der Waals surface area contributed by atoms with Gasteiger partial charge in [-0.3, -0.25) is 0 Å². The van der Waals surface area contributed by atoms with E-state index < -0.39 is 11.7 Å². The standard InChI is InChI=1S/C9H17NO4/c10-8(12)14-7-1-3-9(13,4-2-7)5-6-11/h7,11,13H,1-6H2,(H2,10,12). The highest BCUT2D eigenvalue weighted by Crippen LogP contribution is 2.32. The maximum atomic E-state index is 10.5. The Balaban J connectivity index is 2.33. The maximum absolute atomic E-state index is 10.5. The van der Waals surface area contributed by atoms with E-state index in [0.29, 0.717) is 32.1 Å². The van der Waals surface area contributed by atoms with Gasteiger partial charge in [0.15, 0.2) is 0 Å². The molecule has 0 unspecified atom stereocenters. The van der Waals surface area contributed by atoms with Gasteiger partial charge in [-0.2, -0.15) is 0 Å². The van der Waals surface area contributed by atoms with Crippen LogP contribution in [0.4, 0.5) is 4.79 Å². The van der Waals surface area contributed by atoms with Crippen molar-refractivity contribution < 1.29 is 19.7 Å². The molecule has 0 saturated heterocycles. The minimum Gasteiger partial charge on any atom is -0.446 e. The number of hydrogen-bond acceptors (Lipinski definition) is 4. The van der Waals surface area contributed by atoms with Gasteiger partial charge in [0.25, 0.3) is 0 Å². The summed E-state index contributed by atoms with van der Waals surface area (Å²) in [6.45, 7) is -0.0160. The first-order valence-corrected chi connectivity index (χ1v) is 4.85. The predicted octanol–water partition coefficient (Wildman–Crippen LogP) is 0.138. The molecular weight excluding hydrogens is 186 g/mol. The summed E-state index contributed by atoms with van der Waals surface area (Å²) in [5.74, 6) is 0. The molecule has 1 aliphatic rings. The van der Waals surface area contributed by atoms with Crippen molar-refractivity contribution in [3.63, 3.8) is 0 Å². The van der Waals surface area contributed by atoms with E-state index in [2.05, 4.69) is 0 Å². The van der Waals surface area contributed by atoms with Crippen molar-refractivity contribution >= 4 is 6.09 Å². The number of hydrogen-bond donors (Lipinski definition) is 3. The summed E-state index contributed by atoms with van der Waals surface area (Å²) >= 11 is 0. The second-order valence-corrected chi connectivity index (χ2v) is 3.83. The van der Waals surface area contributed by atoms with E-state index in [-0.39, 0.29) is 12.7 Å². The van der Waals surface area contributed by atoms with Crippen molar-refractivity contribution in [2.24, 2.45) is 5.73 Å². The molecular formula is C9H17NO4. The molecule has 0 aliphatic heterocycles. The lowest BCUT2D eigenvalue weighted by Crippen LogP contribution is -2.38. The lowest BCUT2D eigenvalue weighted by molar-refractivity contribution is -0.0480. The zero-order valence-corrected chi connectivity index (χ0v) is 8.11. The topological polar surface area (TPSA) is 92.8 Å². The van der Waals surface area contributed by atoms with Gasteiger partial charge in [0.2, 0.25) is 0 Å². The zero-order chi connectivity index (χ0) is 10.6. The fourth-order valence-electron chi connectivity index (χ4n) is 1.87. The van der Waals surface area contributed by atoms with Gasteiger partial charge in [-0.1, -0.05) is 0 Å². The van der Waals surface area contributed by atoms with Gasteiger partial charge in [-0.05, 0) is 32.1 Å². The van der Waals surface area contributed by atoms with Crippen molar-refractivity contribution in [3.8, 4) is 0 Å². The fraction of sp³-hybridized carbons (Fsp3) is 0.889. The molecule has 1 fully saturated rings. The van der Waals surface area contributed by atoms with E-state index in [0.717, 1.165) is 0 Å². The van der Waals surface area contributed by atoms with Gasteiger partial charge in [0.05, 0.1) is 5.60 Å². The number of amides is 1. The van der Waals surface area contributed by atoms with Gasteiger partial charge in [0, 0.05) is 6.61 Å². The number of ether oxygens (including phenoxy) is 1. The molecule has 14 heavy (non-hydrogen) atoms. The lowest BCUT2D eigenvalue weighted by Gasteiger charge is -2.35. The van der Waals surface area contributed by atoms with Crippen molar-refractivity contribution in [2.45, 2.75) is 43.8 Å². The van der Waals surface area contributed by atoms with E-state index in [1.165, 1.54) is 0 Å². The third-order valence-corrected chi connectivity index (χ3v) is 2.72. The second-order valence-electron chi connectivity index (χ2n) is 3.83. The van der Waals surface area contributed by atoms with Crippen LogP contribution in [0.15, 0.2) is 0 Å². The number of nitrogens with two attached hydrogens (primary N) is 1. The van der Waals surface area contributed by atoms with Crippen LogP contribution >= 0.6 is 0 Å². The van der Waals surface area contributed by atoms with Crippen LogP contribution in [-0.4, -0.2) is 34.6 Å². The van der Waals surface area contributed by atoms with E-state index in [1.54, 1.807) is 0 Å². The smallest absolute Gasteiger partial charge is 0.404 e. The molecule has 1 saturated carbocycles. The summed E-state index contributed by atoms with van der Waals surface area (Å²) in [6, 6.07) is 0. The summed E-state index contributed by atoms with van der Waals surface area (Å²) in [4.78, 5) is 10.5. The molecule has 0 aromatic carbocycles. The fourth-order valence-corrected chi connectivity index (χ4v) is 1.87. The van der Waals surface area contributed by atoms with E-state index in [9.17, 15) is 9.90 Å². The normalized spacial score (nSPS) is 32.6. The van der Waals surface area contributed by atoms with Crippen LogP contribution in [0, 0.1) is 0 Å². The summed E-state index contributed by atoms with van der Waals surface area (Å²) < 4.78 is 4.83. The molecule has 5 heteroatoms. The predicted molar refractivity (Wildman–Crippen MR) is 49.6 cm³/mol. The Morgan fingerprint density at radius 1 is 1.50 bits per heavy atom. The van der Waals surface area contributed by atoms with E-state index in [1.807, 2.05) is 0 Å². The highest BCUT2D eigenvalue weighted by Gasteiger charge is 2.33. The molecule has 0 heterocycles. The minimum absolute atomic E-state index is 0.0160. The Hall–Kier alpha value is -0.810. The Kier molecular flexibility index (Phi) is 3.71. The highest BCUT2D eigenvalue weighted by molar-refractivity contribution is 5.64. The van der Waals surface area contributed by atoms with Gasteiger partial charge in [-0.25, -0.2) is 4.79 Å². The number of aliphatic hydroxyl groups is 2. The Morgan fingerprint density at radius 3 is 2.50 bits per heavy atom. The van der Waals surface area contributed by atoms with Crippen LogP contribution in [0.5, 0.6) is 0 Å².